The molecule has 0 aromatic carbocycles. The lowest BCUT2D eigenvalue weighted by atomic mass is 10.0. The van der Waals surface area contributed by atoms with Gasteiger partial charge < -0.3 is 5.32 Å². The SMILES string of the molecule is CNc1ncc(C(C)C)c2nccnc12. The normalized spacial score (nSPS) is 10.9. The van der Waals surface area contributed by atoms with Crippen LogP contribution in [0.25, 0.3) is 11.0 Å². The lowest BCUT2D eigenvalue weighted by molar-refractivity contribution is 0.864. The Kier molecular flexibility index (Phi) is 2.49. The van der Waals surface area contributed by atoms with Crippen molar-refractivity contribution >= 4 is 16.9 Å². The molecule has 4 heteroatoms. The van der Waals surface area contributed by atoms with E-state index in [2.05, 4.69) is 34.1 Å². The molecule has 0 atom stereocenters. The molecule has 2 heterocycles. The first-order chi connectivity index (χ1) is 7.24. The highest BCUT2D eigenvalue weighted by molar-refractivity contribution is 5.87. The topological polar surface area (TPSA) is 50.7 Å². The fourth-order valence-corrected chi connectivity index (χ4v) is 1.58. The van der Waals surface area contributed by atoms with Crippen molar-refractivity contribution in [1.29, 1.82) is 0 Å². The summed E-state index contributed by atoms with van der Waals surface area (Å²) in [6.45, 7) is 4.26. The highest BCUT2D eigenvalue weighted by Crippen LogP contribution is 2.25. The van der Waals surface area contributed by atoms with E-state index in [-0.39, 0.29) is 0 Å². The molecule has 0 aliphatic heterocycles. The summed E-state index contributed by atoms with van der Waals surface area (Å²) in [6.07, 6.45) is 5.27. The number of anilines is 1. The first kappa shape index (κ1) is 9.83. The Labute approximate surface area is 88.8 Å². The second-order valence-electron chi connectivity index (χ2n) is 3.72. The summed E-state index contributed by atoms with van der Waals surface area (Å²) >= 11 is 0. The molecule has 0 aliphatic carbocycles. The van der Waals surface area contributed by atoms with Gasteiger partial charge in [0.2, 0.25) is 0 Å². The van der Waals surface area contributed by atoms with E-state index in [1.165, 1.54) is 0 Å². The van der Waals surface area contributed by atoms with E-state index in [1.807, 2.05) is 13.2 Å². The second kappa shape index (κ2) is 3.81. The molecule has 0 fully saturated rings. The molecule has 1 N–H and O–H groups in total. The van der Waals surface area contributed by atoms with Crippen molar-refractivity contribution in [3.05, 3.63) is 24.2 Å². The van der Waals surface area contributed by atoms with E-state index in [9.17, 15) is 0 Å². The molecule has 0 aliphatic rings. The van der Waals surface area contributed by atoms with Gasteiger partial charge in [0.05, 0.1) is 5.52 Å². The van der Waals surface area contributed by atoms with Gasteiger partial charge >= 0.3 is 0 Å². The van der Waals surface area contributed by atoms with Gasteiger partial charge in [-0.1, -0.05) is 13.8 Å². The number of hydrogen-bond acceptors (Lipinski definition) is 4. The van der Waals surface area contributed by atoms with Crippen LogP contribution in [0.1, 0.15) is 25.3 Å². The molecule has 15 heavy (non-hydrogen) atoms. The third kappa shape index (κ3) is 1.63. The first-order valence-electron chi connectivity index (χ1n) is 5.01. The molecule has 0 unspecified atom stereocenters. The van der Waals surface area contributed by atoms with E-state index >= 15 is 0 Å². The molecule has 0 saturated heterocycles. The van der Waals surface area contributed by atoms with E-state index in [1.54, 1.807) is 12.4 Å². The van der Waals surface area contributed by atoms with Crippen LogP contribution in [0.3, 0.4) is 0 Å². The zero-order valence-corrected chi connectivity index (χ0v) is 9.15. The van der Waals surface area contributed by atoms with Gasteiger partial charge in [-0.25, -0.2) is 9.97 Å². The summed E-state index contributed by atoms with van der Waals surface area (Å²) in [4.78, 5) is 13.0. The van der Waals surface area contributed by atoms with Crippen LogP contribution >= 0.6 is 0 Å². The smallest absolute Gasteiger partial charge is 0.153 e. The van der Waals surface area contributed by atoms with Crippen molar-refractivity contribution in [2.75, 3.05) is 12.4 Å². The molecule has 2 aromatic rings. The van der Waals surface area contributed by atoms with Gasteiger partial charge in [0.1, 0.15) is 5.52 Å². The third-order valence-electron chi connectivity index (χ3n) is 2.39. The van der Waals surface area contributed by atoms with Crippen LogP contribution < -0.4 is 5.32 Å². The fourth-order valence-electron chi connectivity index (χ4n) is 1.58. The van der Waals surface area contributed by atoms with Gasteiger partial charge in [-0.15, -0.1) is 0 Å². The van der Waals surface area contributed by atoms with Crippen molar-refractivity contribution in [3.63, 3.8) is 0 Å². The van der Waals surface area contributed by atoms with Crippen molar-refractivity contribution in [3.8, 4) is 0 Å². The number of pyridine rings is 1. The fraction of sp³-hybridized carbons (Fsp3) is 0.364. The van der Waals surface area contributed by atoms with Crippen molar-refractivity contribution < 1.29 is 0 Å². The Morgan fingerprint density at radius 2 is 1.73 bits per heavy atom. The molecule has 0 saturated carbocycles. The van der Waals surface area contributed by atoms with Crippen LogP contribution in [-0.4, -0.2) is 22.0 Å². The molecule has 4 nitrogen and oxygen atoms in total. The van der Waals surface area contributed by atoms with Gasteiger partial charge in [-0.05, 0) is 5.92 Å². The maximum absolute atomic E-state index is 4.37. The maximum Gasteiger partial charge on any atom is 0.153 e. The quantitative estimate of drug-likeness (QED) is 0.811. The second-order valence-corrected chi connectivity index (χ2v) is 3.72. The zero-order chi connectivity index (χ0) is 10.8. The predicted octanol–water partition coefficient (Wildman–Crippen LogP) is 2.19. The van der Waals surface area contributed by atoms with Crippen molar-refractivity contribution in [2.24, 2.45) is 0 Å². The molecule has 0 bridgehead atoms. The summed E-state index contributed by atoms with van der Waals surface area (Å²) < 4.78 is 0. The van der Waals surface area contributed by atoms with Crippen LogP contribution in [0, 0.1) is 0 Å². The largest absolute Gasteiger partial charge is 0.371 e. The molecule has 2 rings (SSSR count). The summed E-state index contributed by atoms with van der Waals surface area (Å²) in [7, 11) is 1.84. The molecule has 78 valence electrons. The zero-order valence-electron chi connectivity index (χ0n) is 9.15. The summed E-state index contributed by atoms with van der Waals surface area (Å²) in [5.41, 5.74) is 2.91. The van der Waals surface area contributed by atoms with Gasteiger partial charge in [-0.3, -0.25) is 4.98 Å². The Hall–Kier alpha value is -1.71. The van der Waals surface area contributed by atoms with E-state index in [4.69, 9.17) is 0 Å². The number of nitrogens with one attached hydrogen (secondary N) is 1. The molecular formula is C11H14N4. The minimum Gasteiger partial charge on any atom is -0.371 e. The highest BCUT2D eigenvalue weighted by Gasteiger charge is 2.10. The molecule has 2 aromatic heterocycles. The molecular weight excluding hydrogens is 188 g/mol. The average molecular weight is 202 g/mol. The highest BCUT2D eigenvalue weighted by atomic mass is 15.0. The number of rotatable bonds is 2. The number of hydrogen-bond donors (Lipinski definition) is 1. The number of aromatic nitrogens is 3. The Morgan fingerprint density at radius 1 is 1.07 bits per heavy atom. The van der Waals surface area contributed by atoms with Gasteiger partial charge in [-0.2, -0.15) is 0 Å². The van der Waals surface area contributed by atoms with Crippen LogP contribution in [0.2, 0.25) is 0 Å². The maximum atomic E-state index is 4.37. The predicted molar refractivity (Wildman–Crippen MR) is 61.0 cm³/mol. The monoisotopic (exact) mass is 202 g/mol. The molecule has 0 amide bonds. The first-order valence-corrected chi connectivity index (χ1v) is 5.01. The summed E-state index contributed by atoms with van der Waals surface area (Å²) in [6, 6.07) is 0. The van der Waals surface area contributed by atoms with Gasteiger partial charge in [0, 0.05) is 31.2 Å². The standard InChI is InChI=1S/C11H14N4/c1-7(2)8-6-15-11(12-3)10-9(8)13-4-5-14-10/h4-7H,1-3H3,(H,12,15). The van der Waals surface area contributed by atoms with E-state index in [0.29, 0.717) is 5.92 Å². The number of fused-ring (bicyclic) bond motifs is 1. The van der Waals surface area contributed by atoms with Crippen molar-refractivity contribution in [1.82, 2.24) is 15.0 Å². The van der Waals surface area contributed by atoms with Gasteiger partial charge in [0.15, 0.2) is 5.82 Å². The minimum absolute atomic E-state index is 0.405. The Balaban J connectivity index is 2.77. The summed E-state index contributed by atoms with van der Waals surface area (Å²) in [5, 5.41) is 3.02. The minimum atomic E-state index is 0.405. The number of nitrogens with zero attached hydrogens (tertiary/aromatic N) is 3. The van der Waals surface area contributed by atoms with Gasteiger partial charge in [0.25, 0.3) is 0 Å². The van der Waals surface area contributed by atoms with Crippen LogP contribution in [0.4, 0.5) is 5.82 Å². The Bertz CT molecular complexity index is 479. The van der Waals surface area contributed by atoms with Crippen LogP contribution in [-0.2, 0) is 0 Å². The Morgan fingerprint density at radius 3 is 2.33 bits per heavy atom. The lowest BCUT2D eigenvalue weighted by Gasteiger charge is -2.10. The van der Waals surface area contributed by atoms with Crippen LogP contribution in [0.5, 0.6) is 0 Å². The lowest BCUT2D eigenvalue weighted by Crippen LogP contribution is -2.00. The molecule has 0 radical (unpaired) electrons. The molecule has 0 spiro atoms. The third-order valence-corrected chi connectivity index (χ3v) is 2.39. The van der Waals surface area contributed by atoms with Crippen LogP contribution in [0.15, 0.2) is 18.6 Å². The van der Waals surface area contributed by atoms with Crippen molar-refractivity contribution in [2.45, 2.75) is 19.8 Å². The average Bonchev–Trinajstić information content (AvgIpc) is 2.27. The van der Waals surface area contributed by atoms with E-state index in [0.717, 1.165) is 22.4 Å². The van der Waals surface area contributed by atoms with E-state index < -0.39 is 0 Å². The summed E-state index contributed by atoms with van der Waals surface area (Å²) in [5.74, 6) is 1.19.